The van der Waals surface area contributed by atoms with Crippen molar-refractivity contribution in [2.45, 2.75) is 84.3 Å². The van der Waals surface area contributed by atoms with Crippen molar-refractivity contribution in [3.63, 3.8) is 0 Å². The predicted molar refractivity (Wildman–Crippen MR) is 118 cm³/mol. The van der Waals surface area contributed by atoms with E-state index in [1.165, 1.54) is 18.7 Å². The molecule has 1 saturated heterocycles. The van der Waals surface area contributed by atoms with E-state index in [9.17, 15) is 9.90 Å². The zero-order valence-electron chi connectivity index (χ0n) is 20.3. The van der Waals surface area contributed by atoms with Crippen molar-refractivity contribution in [2.24, 2.45) is 10.8 Å². The first-order valence-corrected chi connectivity index (χ1v) is 11.6. The second-order valence-corrected chi connectivity index (χ2v) is 11.3. The van der Waals surface area contributed by atoms with E-state index in [1.807, 2.05) is 27.7 Å². The number of likely N-dealkylation sites (tertiary alicyclic amines) is 1. The highest BCUT2D eigenvalue weighted by Gasteiger charge is 2.65. The van der Waals surface area contributed by atoms with Crippen LogP contribution in [0.1, 0.15) is 77.1 Å². The maximum atomic E-state index is 15.8. The molecule has 0 radical (unpaired) electrons. The molecular weight excluding hydrogens is 446 g/mol. The Morgan fingerprint density at radius 1 is 1.18 bits per heavy atom. The number of amides is 1. The molecule has 2 aliphatic rings. The van der Waals surface area contributed by atoms with Crippen molar-refractivity contribution in [2.75, 3.05) is 6.54 Å². The minimum Gasteiger partial charge on any atom is -0.421 e. The van der Waals surface area contributed by atoms with Gasteiger partial charge in [0.1, 0.15) is 17.6 Å². The monoisotopic (exact) mass is 478 g/mol. The average Bonchev–Trinajstić information content (AvgIpc) is 3.32. The van der Waals surface area contributed by atoms with E-state index < -0.39 is 34.3 Å². The third-order valence-corrected chi connectivity index (χ3v) is 6.85. The summed E-state index contributed by atoms with van der Waals surface area (Å²) in [7, 11) is 0. The number of ether oxygens (including phenoxy) is 1. The molecule has 10 heteroatoms. The molecule has 3 heterocycles. The Morgan fingerprint density at radius 3 is 2.41 bits per heavy atom. The molecule has 34 heavy (non-hydrogen) atoms. The van der Waals surface area contributed by atoms with Gasteiger partial charge in [-0.15, -0.1) is 0 Å². The van der Waals surface area contributed by atoms with Crippen molar-refractivity contribution in [1.29, 1.82) is 0 Å². The fourth-order valence-electron chi connectivity index (χ4n) is 6.15. The number of carbonyl (C=O) groups excluding carboxylic acids is 1. The first-order valence-electron chi connectivity index (χ1n) is 11.6. The molecule has 186 valence electrons. The smallest absolute Gasteiger partial charge is 0.352 e. The Kier molecular flexibility index (Phi) is 5.95. The number of aromatic nitrogens is 3. The van der Waals surface area contributed by atoms with Gasteiger partial charge in [-0.05, 0) is 49.9 Å². The first-order chi connectivity index (χ1) is 15.7. The number of rotatable bonds is 5. The number of hydrogen-bond acceptors (Lipinski definition) is 7. The molecule has 1 aliphatic carbocycles. The number of carbonyl (C=O) groups is 1. The number of aliphatic hydroxyl groups is 1. The van der Waals surface area contributed by atoms with Crippen molar-refractivity contribution in [1.82, 2.24) is 20.0 Å². The van der Waals surface area contributed by atoms with E-state index in [0.717, 1.165) is 4.90 Å². The fraction of sp³-hybridized carbons (Fsp3) is 0.667. The second-order valence-electron chi connectivity index (χ2n) is 11.3. The van der Waals surface area contributed by atoms with Crippen LogP contribution in [0.3, 0.4) is 0 Å². The van der Waals surface area contributed by atoms with Gasteiger partial charge in [0, 0.05) is 6.54 Å². The Morgan fingerprint density at radius 2 is 1.79 bits per heavy atom. The van der Waals surface area contributed by atoms with Gasteiger partial charge >= 0.3 is 11.9 Å². The Labute approximate surface area is 197 Å². The zero-order chi connectivity index (χ0) is 24.9. The minimum absolute atomic E-state index is 0.0882. The van der Waals surface area contributed by atoms with Crippen LogP contribution in [0.5, 0.6) is 11.7 Å². The second kappa shape index (κ2) is 8.25. The van der Waals surface area contributed by atoms with Crippen molar-refractivity contribution < 1.29 is 27.9 Å². The first kappa shape index (κ1) is 24.5. The standard InChI is InChI=1S/C24H32F2N4O4/c1-15-18(29-34-19(15)33-16-9-27-14-28-10-16)17-7-6-8-30(17)20(31)24(25,26)23(32)12-21(2,3)11-22(4,5)13-23/h9-10,14,17,32H,6-8,11-13H2,1-5H3/t17-/m0/s1. The summed E-state index contributed by atoms with van der Waals surface area (Å²) in [6.45, 7) is 9.28. The number of nitrogens with zero attached hydrogens (tertiary/aromatic N) is 4. The van der Waals surface area contributed by atoms with Crippen molar-refractivity contribution >= 4 is 5.91 Å². The van der Waals surface area contributed by atoms with Gasteiger partial charge in [0.25, 0.3) is 5.91 Å². The highest BCUT2D eigenvalue weighted by molar-refractivity contribution is 5.85. The van der Waals surface area contributed by atoms with Crippen LogP contribution in [-0.4, -0.2) is 49.1 Å². The van der Waals surface area contributed by atoms with Crippen LogP contribution in [0.4, 0.5) is 8.78 Å². The van der Waals surface area contributed by atoms with Crippen LogP contribution < -0.4 is 4.74 Å². The van der Waals surface area contributed by atoms with E-state index in [-0.39, 0.29) is 25.3 Å². The highest BCUT2D eigenvalue weighted by Crippen LogP contribution is 2.55. The van der Waals surface area contributed by atoms with Gasteiger partial charge in [-0.1, -0.05) is 32.9 Å². The third kappa shape index (κ3) is 4.39. The topological polar surface area (TPSA) is 102 Å². The van der Waals surface area contributed by atoms with Crippen LogP contribution >= 0.6 is 0 Å². The van der Waals surface area contributed by atoms with E-state index in [1.54, 1.807) is 6.92 Å². The van der Waals surface area contributed by atoms with E-state index in [2.05, 4.69) is 15.1 Å². The summed E-state index contributed by atoms with van der Waals surface area (Å²) in [5, 5.41) is 15.3. The molecule has 1 saturated carbocycles. The maximum absolute atomic E-state index is 15.8. The summed E-state index contributed by atoms with van der Waals surface area (Å²) in [6, 6.07) is -0.695. The molecule has 0 spiro atoms. The summed E-state index contributed by atoms with van der Waals surface area (Å²) >= 11 is 0. The molecule has 0 bridgehead atoms. The fourth-order valence-corrected chi connectivity index (χ4v) is 6.15. The molecule has 1 aliphatic heterocycles. The number of halogens is 2. The lowest BCUT2D eigenvalue weighted by Crippen LogP contribution is -2.62. The van der Waals surface area contributed by atoms with Crippen LogP contribution in [0.25, 0.3) is 0 Å². The lowest BCUT2D eigenvalue weighted by atomic mass is 9.58. The molecule has 1 atom stereocenters. The summed E-state index contributed by atoms with van der Waals surface area (Å²) in [5.41, 5.74) is -2.61. The predicted octanol–water partition coefficient (Wildman–Crippen LogP) is 4.83. The summed E-state index contributed by atoms with van der Waals surface area (Å²) in [4.78, 5) is 22.2. The van der Waals surface area contributed by atoms with Crippen LogP contribution in [-0.2, 0) is 4.79 Å². The van der Waals surface area contributed by atoms with E-state index in [4.69, 9.17) is 9.26 Å². The van der Waals surface area contributed by atoms with Crippen LogP contribution in [0.15, 0.2) is 23.2 Å². The van der Waals surface area contributed by atoms with E-state index >= 15 is 8.78 Å². The van der Waals surface area contributed by atoms with Gasteiger partial charge in [-0.3, -0.25) is 4.79 Å². The Bertz CT molecular complexity index is 1040. The number of alkyl halides is 2. The summed E-state index contributed by atoms with van der Waals surface area (Å²) in [5.74, 6) is -4.88. The van der Waals surface area contributed by atoms with Gasteiger partial charge in [-0.25, -0.2) is 9.97 Å². The molecular formula is C24H32F2N4O4. The van der Waals surface area contributed by atoms with Gasteiger partial charge in [0.05, 0.1) is 24.0 Å². The van der Waals surface area contributed by atoms with Crippen molar-refractivity contribution in [3.05, 3.63) is 30.0 Å². The lowest BCUT2D eigenvalue weighted by molar-refractivity contribution is -0.231. The van der Waals surface area contributed by atoms with Gasteiger partial charge < -0.3 is 19.3 Å². The summed E-state index contributed by atoms with van der Waals surface area (Å²) < 4.78 is 42.5. The summed E-state index contributed by atoms with van der Waals surface area (Å²) in [6.07, 6.45) is 5.64. The number of hydrogen-bond donors (Lipinski definition) is 1. The Balaban J connectivity index is 1.59. The highest BCUT2D eigenvalue weighted by atomic mass is 19.3. The minimum atomic E-state index is -3.94. The van der Waals surface area contributed by atoms with Gasteiger partial charge in [-0.2, -0.15) is 8.78 Å². The molecule has 2 fully saturated rings. The molecule has 8 nitrogen and oxygen atoms in total. The normalized spacial score (nSPS) is 23.6. The maximum Gasteiger partial charge on any atom is 0.352 e. The molecule has 1 amide bonds. The average molecular weight is 479 g/mol. The zero-order valence-corrected chi connectivity index (χ0v) is 20.3. The van der Waals surface area contributed by atoms with Crippen LogP contribution in [0.2, 0.25) is 0 Å². The van der Waals surface area contributed by atoms with Gasteiger partial charge in [0.15, 0.2) is 5.75 Å². The molecule has 1 N–H and O–H groups in total. The molecule has 0 unspecified atom stereocenters. The molecule has 2 aromatic rings. The molecule has 4 rings (SSSR count). The van der Waals surface area contributed by atoms with Crippen molar-refractivity contribution in [3.8, 4) is 11.7 Å². The SMILES string of the molecule is Cc1c([C@@H]2CCCN2C(=O)C(F)(F)C2(O)CC(C)(C)CC(C)(C)C2)noc1Oc1cncnc1. The largest absolute Gasteiger partial charge is 0.421 e. The third-order valence-electron chi connectivity index (χ3n) is 6.85. The molecule has 0 aromatic carbocycles. The van der Waals surface area contributed by atoms with E-state index in [0.29, 0.717) is 36.3 Å². The van der Waals surface area contributed by atoms with Gasteiger partial charge in [0.2, 0.25) is 0 Å². The molecule has 2 aromatic heterocycles. The lowest BCUT2D eigenvalue weighted by Gasteiger charge is -2.51. The quantitative estimate of drug-likeness (QED) is 0.657. The van der Waals surface area contributed by atoms with Crippen LogP contribution in [0, 0.1) is 17.8 Å². The Hall–Kier alpha value is -2.62.